The van der Waals surface area contributed by atoms with E-state index in [1.54, 1.807) is 24.3 Å². The van der Waals surface area contributed by atoms with Gasteiger partial charge in [0.1, 0.15) is 22.9 Å². The molecular formula is C43H41N5O10. The first-order chi connectivity index (χ1) is 28.2. The van der Waals surface area contributed by atoms with Crippen LogP contribution in [0.25, 0.3) is 45.1 Å². The molecule has 0 bridgehead atoms. The first kappa shape index (κ1) is 39.0. The van der Waals surface area contributed by atoms with Crippen LogP contribution in [0.5, 0.6) is 46.0 Å². The zero-order valence-electron chi connectivity index (χ0n) is 33.2. The number of ether oxygens (including phenoxy) is 8. The number of methoxy groups -OCH3 is 6. The molecule has 0 radical (unpaired) electrons. The quantitative estimate of drug-likeness (QED) is 0.0783. The summed E-state index contributed by atoms with van der Waals surface area (Å²) in [6.45, 7) is 5.26. The minimum absolute atomic E-state index is 0.223. The number of nitrogens with zero attached hydrogens (tertiary/aromatic N) is 5. The van der Waals surface area contributed by atoms with Crippen LogP contribution in [-0.4, -0.2) is 78.7 Å². The van der Waals surface area contributed by atoms with Crippen LogP contribution in [0.3, 0.4) is 0 Å². The van der Waals surface area contributed by atoms with Crippen LogP contribution in [0.1, 0.15) is 34.6 Å². The third-order valence-electron chi connectivity index (χ3n) is 9.50. The molecule has 0 aliphatic heterocycles. The molecular weight excluding hydrogens is 746 g/mol. The van der Waals surface area contributed by atoms with Gasteiger partial charge in [-0.3, -0.25) is 0 Å². The zero-order chi connectivity index (χ0) is 41.1. The molecule has 4 aromatic carbocycles. The van der Waals surface area contributed by atoms with Crippen LogP contribution in [0, 0.1) is 0 Å². The summed E-state index contributed by atoms with van der Waals surface area (Å²) in [6.07, 6.45) is 0. The number of hydrogen-bond acceptors (Lipinski definition) is 13. The van der Waals surface area contributed by atoms with E-state index in [0.717, 1.165) is 11.0 Å². The Kier molecular flexibility index (Phi) is 11.0. The molecule has 3 heterocycles. The highest BCUT2D eigenvalue weighted by Crippen LogP contribution is 2.40. The number of aryl methyl sites for hydroxylation is 2. The highest BCUT2D eigenvalue weighted by molar-refractivity contribution is 5.94. The maximum absolute atomic E-state index is 13.3. The van der Waals surface area contributed by atoms with Crippen LogP contribution < -0.4 is 37.9 Å². The molecule has 58 heavy (non-hydrogen) atoms. The van der Waals surface area contributed by atoms with Crippen LogP contribution in [0.15, 0.2) is 78.9 Å². The van der Waals surface area contributed by atoms with Crippen LogP contribution in [0.4, 0.5) is 0 Å². The number of imidazole rings is 2. The van der Waals surface area contributed by atoms with Crippen molar-refractivity contribution in [2.75, 3.05) is 42.7 Å². The van der Waals surface area contributed by atoms with Crippen molar-refractivity contribution < 1.29 is 47.5 Å². The predicted octanol–water partition coefficient (Wildman–Crippen LogP) is 7.64. The molecule has 3 aromatic heterocycles. The number of benzene rings is 4. The Hall–Kier alpha value is -7.29. The predicted molar refractivity (Wildman–Crippen MR) is 215 cm³/mol. The number of rotatable bonds is 14. The van der Waals surface area contributed by atoms with Crippen molar-refractivity contribution in [3.05, 3.63) is 90.0 Å². The molecule has 0 spiro atoms. The molecule has 7 aromatic rings. The fourth-order valence-electron chi connectivity index (χ4n) is 6.79. The summed E-state index contributed by atoms with van der Waals surface area (Å²) in [6, 6.07) is 22.4. The lowest BCUT2D eigenvalue weighted by atomic mass is 10.2. The van der Waals surface area contributed by atoms with Gasteiger partial charge in [0, 0.05) is 25.2 Å². The van der Waals surface area contributed by atoms with Gasteiger partial charge in [0.15, 0.2) is 34.6 Å². The molecule has 0 saturated heterocycles. The van der Waals surface area contributed by atoms with Gasteiger partial charge in [0.2, 0.25) is 11.5 Å². The average Bonchev–Trinajstić information content (AvgIpc) is 3.82. The number of hydrogen-bond donors (Lipinski definition) is 0. The number of esters is 2. The lowest BCUT2D eigenvalue weighted by molar-refractivity contribution is 0.0724. The van der Waals surface area contributed by atoms with Gasteiger partial charge in [-0.1, -0.05) is 6.07 Å². The Morgan fingerprint density at radius 3 is 1.21 bits per heavy atom. The van der Waals surface area contributed by atoms with E-state index in [1.165, 1.54) is 66.9 Å². The van der Waals surface area contributed by atoms with Crippen molar-refractivity contribution in [3.8, 4) is 69.0 Å². The van der Waals surface area contributed by atoms with E-state index in [-0.39, 0.29) is 11.1 Å². The summed E-state index contributed by atoms with van der Waals surface area (Å²) in [5.74, 6) is 2.74. The van der Waals surface area contributed by atoms with Gasteiger partial charge in [-0.15, -0.1) is 0 Å². The Labute approximate surface area is 333 Å². The van der Waals surface area contributed by atoms with Crippen LogP contribution in [0.2, 0.25) is 0 Å². The van der Waals surface area contributed by atoms with Gasteiger partial charge in [-0.25, -0.2) is 24.5 Å². The summed E-state index contributed by atoms with van der Waals surface area (Å²) in [5.41, 5.74) is 4.62. The zero-order valence-corrected chi connectivity index (χ0v) is 33.2. The molecule has 0 amide bonds. The number of pyridine rings is 1. The second-order valence-electron chi connectivity index (χ2n) is 12.7. The summed E-state index contributed by atoms with van der Waals surface area (Å²) in [5, 5.41) is 0. The average molecular weight is 788 g/mol. The normalized spacial score (nSPS) is 11.0. The highest BCUT2D eigenvalue weighted by atomic mass is 16.6. The van der Waals surface area contributed by atoms with E-state index in [2.05, 4.69) is 0 Å². The molecule has 0 atom stereocenters. The first-order valence-electron chi connectivity index (χ1n) is 18.2. The van der Waals surface area contributed by atoms with Crippen molar-refractivity contribution in [2.45, 2.75) is 26.9 Å². The molecule has 0 unspecified atom stereocenters. The van der Waals surface area contributed by atoms with Gasteiger partial charge in [-0.2, -0.15) is 0 Å². The van der Waals surface area contributed by atoms with E-state index in [0.29, 0.717) is 93.2 Å². The molecule has 0 aliphatic rings. The molecule has 15 heteroatoms. The summed E-state index contributed by atoms with van der Waals surface area (Å²) in [4.78, 5) is 41.4. The molecule has 15 nitrogen and oxygen atoms in total. The summed E-state index contributed by atoms with van der Waals surface area (Å²) >= 11 is 0. The fraction of sp³-hybridized carbons (Fsp3) is 0.233. The number of aromatic nitrogens is 5. The standard InChI is InChI=1S/C43H41N5O10/c1-9-47-32-16-14-26(57-42(49)24-18-34(51-3)38(55-7)35(19-24)52-4)22-30(32)45-40(47)28-12-11-13-29(44-28)41-46-31-23-27(15-17-33(31)48(41)10-2)58-43(50)25-20-36(53-5)39(56-8)37(21-25)54-6/h11-23H,9-10H2,1-8H3. The van der Waals surface area contributed by atoms with Gasteiger partial charge >= 0.3 is 11.9 Å². The second kappa shape index (κ2) is 16.4. The smallest absolute Gasteiger partial charge is 0.343 e. The minimum atomic E-state index is -0.606. The lowest BCUT2D eigenvalue weighted by Gasteiger charge is -2.13. The largest absolute Gasteiger partial charge is 0.493 e. The number of carbonyl (C=O) groups excluding carboxylic acids is 2. The third-order valence-corrected chi connectivity index (χ3v) is 9.50. The Balaban J connectivity index is 1.17. The Morgan fingerprint density at radius 2 is 0.879 bits per heavy atom. The molecule has 7 rings (SSSR count). The summed E-state index contributed by atoms with van der Waals surface area (Å²) in [7, 11) is 8.89. The summed E-state index contributed by atoms with van der Waals surface area (Å²) < 4.78 is 48.0. The lowest BCUT2D eigenvalue weighted by Crippen LogP contribution is -2.09. The number of fused-ring (bicyclic) bond motifs is 2. The molecule has 298 valence electrons. The first-order valence-corrected chi connectivity index (χ1v) is 18.2. The molecule has 0 aliphatic carbocycles. The minimum Gasteiger partial charge on any atom is -0.493 e. The van der Waals surface area contributed by atoms with Crippen molar-refractivity contribution >= 4 is 34.0 Å². The van der Waals surface area contributed by atoms with Gasteiger partial charge < -0.3 is 47.0 Å². The van der Waals surface area contributed by atoms with E-state index in [1.807, 2.05) is 53.3 Å². The van der Waals surface area contributed by atoms with E-state index in [4.69, 9.17) is 52.8 Å². The topological polar surface area (TPSA) is 157 Å². The fourth-order valence-corrected chi connectivity index (χ4v) is 6.79. The van der Waals surface area contributed by atoms with Crippen molar-refractivity contribution in [3.63, 3.8) is 0 Å². The van der Waals surface area contributed by atoms with Crippen molar-refractivity contribution in [1.29, 1.82) is 0 Å². The van der Waals surface area contributed by atoms with Crippen molar-refractivity contribution in [1.82, 2.24) is 24.1 Å². The van der Waals surface area contributed by atoms with E-state index < -0.39 is 11.9 Å². The highest BCUT2D eigenvalue weighted by Gasteiger charge is 2.22. The van der Waals surface area contributed by atoms with Gasteiger partial charge in [-0.05, 0) is 74.5 Å². The Bertz CT molecular complexity index is 2460. The van der Waals surface area contributed by atoms with E-state index in [9.17, 15) is 9.59 Å². The van der Waals surface area contributed by atoms with Gasteiger partial charge in [0.05, 0.1) is 75.9 Å². The molecule has 0 N–H and O–H groups in total. The van der Waals surface area contributed by atoms with Crippen LogP contribution >= 0.6 is 0 Å². The third kappa shape index (κ3) is 7.13. The van der Waals surface area contributed by atoms with E-state index >= 15 is 0 Å². The second-order valence-corrected chi connectivity index (χ2v) is 12.7. The molecule has 0 fully saturated rings. The Morgan fingerprint density at radius 1 is 0.500 bits per heavy atom. The maximum Gasteiger partial charge on any atom is 0.343 e. The number of carbonyl (C=O) groups is 2. The van der Waals surface area contributed by atoms with Crippen molar-refractivity contribution in [2.24, 2.45) is 0 Å². The van der Waals surface area contributed by atoms with Gasteiger partial charge in [0.25, 0.3) is 0 Å². The SMILES string of the molecule is CCn1c(-c2cccc(-c3nc4cc(OC(=O)c5cc(OC)c(OC)c(OC)c5)ccc4n3CC)n2)nc2cc(OC(=O)c3cc(OC)c(OC)c(OC)c3)ccc21. The molecule has 0 saturated carbocycles. The maximum atomic E-state index is 13.3. The van der Waals surface area contributed by atoms with Crippen LogP contribution in [-0.2, 0) is 13.1 Å². The monoisotopic (exact) mass is 787 g/mol.